The van der Waals surface area contributed by atoms with Crippen molar-refractivity contribution < 1.29 is 9.18 Å². The minimum Gasteiger partial charge on any atom is -0.286 e. The number of hydrogen-bond acceptors (Lipinski definition) is 4. The zero-order valence-corrected chi connectivity index (χ0v) is 21.3. The summed E-state index contributed by atoms with van der Waals surface area (Å²) in [5.74, 6) is 0.823. The van der Waals surface area contributed by atoms with Gasteiger partial charge in [0.1, 0.15) is 5.82 Å². The maximum atomic E-state index is 13.5. The molecule has 35 heavy (non-hydrogen) atoms. The lowest BCUT2D eigenvalue weighted by molar-refractivity contribution is 0.0913. The number of thioether (sulfide) groups is 1. The van der Waals surface area contributed by atoms with Gasteiger partial charge in [-0.2, -0.15) is 16.9 Å². The largest absolute Gasteiger partial charge is 0.286 e. The molecule has 5 rings (SSSR count). The van der Waals surface area contributed by atoms with E-state index in [1.165, 1.54) is 31.4 Å². The lowest BCUT2D eigenvalue weighted by Crippen LogP contribution is -2.45. The number of rotatable bonds is 5. The van der Waals surface area contributed by atoms with E-state index in [0.29, 0.717) is 27.2 Å². The van der Waals surface area contributed by atoms with Gasteiger partial charge in [0.15, 0.2) is 5.69 Å². The van der Waals surface area contributed by atoms with Crippen LogP contribution in [0.25, 0.3) is 17.3 Å². The van der Waals surface area contributed by atoms with Gasteiger partial charge in [-0.25, -0.2) is 14.5 Å². The molecule has 1 fully saturated rings. The summed E-state index contributed by atoms with van der Waals surface area (Å²) in [5.41, 5.74) is 10.6. The van der Waals surface area contributed by atoms with Crippen molar-refractivity contribution >= 4 is 52.5 Å². The normalized spacial score (nSPS) is 17.4. The third kappa shape index (κ3) is 5.43. The van der Waals surface area contributed by atoms with E-state index < -0.39 is 0 Å². The van der Waals surface area contributed by atoms with Crippen LogP contribution >= 0.6 is 35.0 Å². The monoisotopic (exact) mass is 530 g/mol. The second-order valence-electron chi connectivity index (χ2n) is 8.83. The number of benzene rings is 2. The minimum absolute atomic E-state index is 0.265. The van der Waals surface area contributed by atoms with E-state index in [2.05, 4.69) is 10.9 Å². The first kappa shape index (κ1) is 24.4. The number of nitrogens with zero attached hydrogens (tertiary/aromatic N) is 2. The van der Waals surface area contributed by atoms with Gasteiger partial charge in [-0.15, -0.1) is 0 Å². The first-order valence-corrected chi connectivity index (χ1v) is 13.6. The Morgan fingerprint density at radius 2 is 1.86 bits per heavy atom. The topological polar surface area (TPSA) is 59.0 Å². The summed E-state index contributed by atoms with van der Waals surface area (Å²) in [4.78, 5) is 13.3. The molecule has 0 unspecified atom stereocenters. The molecule has 0 bridgehead atoms. The Hall–Kier alpha value is -2.32. The minimum atomic E-state index is -0.284. The second-order valence-corrected chi connectivity index (χ2v) is 10.7. The third-order valence-electron chi connectivity index (χ3n) is 6.35. The highest BCUT2D eigenvalue weighted by molar-refractivity contribution is 7.99. The molecule has 0 saturated heterocycles. The van der Waals surface area contributed by atoms with Crippen molar-refractivity contribution in [2.45, 2.75) is 43.9 Å². The molecule has 182 valence electrons. The SMILES string of the molecule is O=C(NNC1CCCCC1)c1nn(-c2ccc(Cl)cc2Cl)c2c1CSCC2=Cc1ccc(F)cc1. The molecule has 5 nitrogen and oxygen atoms in total. The van der Waals surface area contributed by atoms with Crippen LogP contribution in [0.15, 0.2) is 42.5 Å². The Balaban J connectivity index is 1.56. The lowest BCUT2D eigenvalue weighted by Gasteiger charge is -2.23. The first-order valence-electron chi connectivity index (χ1n) is 11.7. The average Bonchev–Trinajstić information content (AvgIpc) is 3.25. The summed E-state index contributed by atoms with van der Waals surface area (Å²) >= 11 is 14.4. The Kier molecular flexibility index (Phi) is 7.48. The number of aromatic nitrogens is 2. The fourth-order valence-corrected chi connectivity index (χ4v) is 6.11. The van der Waals surface area contributed by atoms with E-state index in [0.717, 1.165) is 41.0 Å². The maximum absolute atomic E-state index is 13.5. The second kappa shape index (κ2) is 10.7. The summed E-state index contributed by atoms with van der Waals surface area (Å²) in [6.07, 6.45) is 7.68. The summed E-state index contributed by atoms with van der Waals surface area (Å²) in [6.45, 7) is 0. The van der Waals surface area contributed by atoms with Crippen LogP contribution in [0.4, 0.5) is 4.39 Å². The molecular formula is C26H25Cl2FN4OS. The number of fused-ring (bicyclic) bond motifs is 1. The lowest BCUT2D eigenvalue weighted by atomic mass is 9.96. The van der Waals surface area contributed by atoms with Gasteiger partial charge in [0, 0.05) is 28.1 Å². The molecule has 2 N–H and O–H groups in total. The Bertz CT molecular complexity index is 1270. The highest BCUT2D eigenvalue weighted by Gasteiger charge is 2.30. The highest BCUT2D eigenvalue weighted by Crippen LogP contribution is 2.38. The van der Waals surface area contributed by atoms with E-state index in [-0.39, 0.29) is 17.8 Å². The number of halogens is 3. The van der Waals surface area contributed by atoms with Crippen LogP contribution in [0.3, 0.4) is 0 Å². The van der Waals surface area contributed by atoms with Gasteiger partial charge < -0.3 is 0 Å². The van der Waals surface area contributed by atoms with Crippen molar-refractivity contribution in [2.24, 2.45) is 0 Å². The van der Waals surface area contributed by atoms with Gasteiger partial charge in [0.25, 0.3) is 5.91 Å². The summed E-state index contributed by atoms with van der Waals surface area (Å²) in [5, 5.41) is 5.70. The van der Waals surface area contributed by atoms with Gasteiger partial charge in [0.2, 0.25) is 0 Å². The molecule has 0 atom stereocenters. The van der Waals surface area contributed by atoms with Crippen LogP contribution < -0.4 is 10.9 Å². The number of carbonyl (C=O) groups is 1. The molecule has 1 amide bonds. The third-order valence-corrected chi connectivity index (χ3v) is 7.90. The maximum Gasteiger partial charge on any atom is 0.286 e. The summed E-state index contributed by atoms with van der Waals surface area (Å²) < 4.78 is 15.2. The van der Waals surface area contributed by atoms with Gasteiger partial charge in [-0.3, -0.25) is 10.2 Å². The van der Waals surface area contributed by atoms with E-state index in [1.807, 2.05) is 6.08 Å². The van der Waals surface area contributed by atoms with Crippen molar-refractivity contribution in [1.29, 1.82) is 0 Å². The van der Waals surface area contributed by atoms with E-state index in [1.54, 1.807) is 46.8 Å². The fraction of sp³-hybridized carbons (Fsp3) is 0.308. The summed E-state index contributed by atoms with van der Waals surface area (Å²) in [7, 11) is 0. The van der Waals surface area contributed by atoms with Crippen LogP contribution in [-0.2, 0) is 5.75 Å². The predicted molar refractivity (Wildman–Crippen MR) is 141 cm³/mol. The van der Waals surface area contributed by atoms with E-state index in [9.17, 15) is 9.18 Å². The van der Waals surface area contributed by atoms with Crippen molar-refractivity contribution in [1.82, 2.24) is 20.6 Å². The zero-order valence-electron chi connectivity index (χ0n) is 19.0. The molecule has 1 aromatic heterocycles. The fourth-order valence-electron chi connectivity index (χ4n) is 4.60. The summed E-state index contributed by atoms with van der Waals surface area (Å²) in [6, 6.07) is 11.8. The Morgan fingerprint density at radius 3 is 2.60 bits per heavy atom. The van der Waals surface area contributed by atoms with Crippen molar-refractivity contribution in [3.05, 3.63) is 80.8 Å². The number of amides is 1. The quantitative estimate of drug-likeness (QED) is 0.361. The molecule has 1 saturated carbocycles. The molecule has 0 spiro atoms. The van der Waals surface area contributed by atoms with Crippen LogP contribution in [0.1, 0.15) is 59.4 Å². The highest BCUT2D eigenvalue weighted by atomic mass is 35.5. The zero-order chi connectivity index (χ0) is 24.4. The molecule has 1 aliphatic carbocycles. The van der Waals surface area contributed by atoms with Gasteiger partial charge in [0.05, 0.1) is 16.4 Å². The molecule has 3 aromatic rings. The first-order chi connectivity index (χ1) is 17.0. The van der Waals surface area contributed by atoms with Crippen LogP contribution in [-0.4, -0.2) is 27.5 Å². The van der Waals surface area contributed by atoms with Crippen LogP contribution in [0.2, 0.25) is 10.0 Å². The molecule has 2 aliphatic rings. The number of hydrogen-bond donors (Lipinski definition) is 2. The number of nitrogens with one attached hydrogen (secondary N) is 2. The van der Waals surface area contributed by atoms with Gasteiger partial charge in [-0.1, -0.05) is 54.6 Å². The van der Waals surface area contributed by atoms with E-state index in [4.69, 9.17) is 28.3 Å². The van der Waals surface area contributed by atoms with Crippen molar-refractivity contribution in [2.75, 3.05) is 5.75 Å². The number of carbonyl (C=O) groups excluding carboxylic acids is 1. The van der Waals surface area contributed by atoms with Gasteiger partial charge >= 0.3 is 0 Å². The molecular weight excluding hydrogens is 506 g/mol. The van der Waals surface area contributed by atoms with E-state index >= 15 is 0 Å². The molecule has 2 heterocycles. The number of hydrazine groups is 1. The molecule has 9 heteroatoms. The van der Waals surface area contributed by atoms with Crippen LogP contribution in [0.5, 0.6) is 0 Å². The predicted octanol–water partition coefficient (Wildman–Crippen LogP) is 6.67. The van der Waals surface area contributed by atoms with Crippen molar-refractivity contribution in [3.63, 3.8) is 0 Å². The average molecular weight is 531 g/mol. The molecule has 0 radical (unpaired) electrons. The van der Waals surface area contributed by atoms with Crippen molar-refractivity contribution in [3.8, 4) is 5.69 Å². The van der Waals surface area contributed by atoms with Crippen LogP contribution in [0, 0.1) is 5.82 Å². The standard InChI is InChI=1S/C26H25Cl2FN4OS/c27-18-8-11-23(22(28)13-18)33-25-17(12-16-6-9-19(29)10-7-16)14-35-15-21(25)24(32-33)26(34)31-30-20-4-2-1-3-5-20/h6-13,20,30H,1-5,14-15H2,(H,31,34). The van der Waals surface area contributed by atoms with Gasteiger partial charge in [-0.05, 0) is 60.4 Å². The molecule has 1 aliphatic heterocycles. The smallest absolute Gasteiger partial charge is 0.286 e. The Labute approximate surface area is 218 Å². The molecule has 2 aromatic carbocycles. The Morgan fingerprint density at radius 1 is 1.09 bits per heavy atom.